The number of rotatable bonds is 4. The summed E-state index contributed by atoms with van der Waals surface area (Å²) in [7, 11) is 0. The van der Waals surface area contributed by atoms with Crippen LogP contribution in [0.15, 0.2) is 11.8 Å². The van der Waals surface area contributed by atoms with Crippen LogP contribution in [0.2, 0.25) is 0 Å². The van der Waals surface area contributed by atoms with E-state index >= 15 is 0 Å². The third-order valence-electron chi connectivity index (χ3n) is 2.22. The summed E-state index contributed by atoms with van der Waals surface area (Å²) in [5.41, 5.74) is 1.22. The van der Waals surface area contributed by atoms with Crippen LogP contribution < -0.4 is 0 Å². The third-order valence-corrected chi connectivity index (χ3v) is 2.22. The van der Waals surface area contributed by atoms with Crippen molar-refractivity contribution in [2.45, 2.75) is 33.1 Å². The molecule has 1 unspecified atom stereocenters. The van der Waals surface area contributed by atoms with Gasteiger partial charge in [-0.1, -0.05) is 0 Å². The lowest BCUT2D eigenvalue weighted by atomic mass is 9.99. The van der Waals surface area contributed by atoms with Gasteiger partial charge in [0.2, 0.25) is 0 Å². The van der Waals surface area contributed by atoms with Crippen LogP contribution in [0, 0.1) is 5.92 Å². The van der Waals surface area contributed by atoms with Gasteiger partial charge in [0.1, 0.15) is 0 Å². The smallest absolute Gasteiger partial charge is 0.0876 e. The maximum Gasteiger partial charge on any atom is 0.0876 e. The molecule has 1 fully saturated rings. The van der Waals surface area contributed by atoms with Gasteiger partial charge in [0, 0.05) is 13.2 Å². The predicted molar refractivity (Wildman–Crippen MR) is 53.5 cm³/mol. The lowest BCUT2D eigenvalue weighted by molar-refractivity contribution is 0.0433. The number of hydrogen-bond donors (Lipinski definition) is 0. The zero-order chi connectivity index (χ0) is 9.52. The van der Waals surface area contributed by atoms with Gasteiger partial charge in [-0.25, -0.2) is 0 Å². The summed E-state index contributed by atoms with van der Waals surface area (Å²) in [5.74, 6) is 0.722. The normalized spacial score (nSPS) is 22.5. The van der Waals surface area contributed by atoms with E-state index in [1.807, 2.05) is 20.1 Å². The second kappa shape index (κ2) is 6.03. The summed E-state index contributed by atoms with van der Waals surface area (Å²) >= 11 is 0. The molecule has 1 atom stereocenters. The van der Waals surface area contributed by atoms with Gasteiger partial charge in [0.15, 0.2) is 0 Å². The summed E-state index contributed by atoms with van der Waals surface area (Å²) in [6.45, 7) is 6.80. The van der Waals surface area contributed by atoms with Crippen molar-refractivity contribution in [1.29, 1.82) is 0 Å². The van der Waals surface area contributed by atoms with Crippen LogP contribution in [-0.2, 0) is 9.47 Å². The van der Waals surface area contributed by atoms with E-state index in [1.165, 1.54) is 18.4 Å². The maximum absolute atomic E-state index is 5.39. The van der Waals surface area contributed by atoms with E-state index in [1.54, 1.807) is 0 Å². The van der Waals surface area contributed by atoms with Crippen molar-refractivity contribution in [1.82, 2.24) is 0 Å². The first kappa shape index (κ1) is 10.6. The molecule has 0 N–H and O–H groups in total. The molecule has 0 aliphatic carbocycles. The van der Waals surface area contributed by atoms with Gasteiger partial charge in [0.05, 0.1) is 12.9 Å². The van der Waals surface area contributed by atoms with Crippen LogP contribution in [-0.4, -0.2) is 19.8 Å². The quantitative estimate of drug-likeness (QED) is 0.494. The molecule has 2 nitrogen and oxygen atoms in total. The monoisotopic (exact) mass is 184 g/mol. The molecule has 1 rings (SSSR count). The zero-order valence-corrected chi connectivity index (χ0v) is 8.71. The van der Waals surface area contributed by atoms with Gasteiger partial charge in [-0.3, -0.25) is 0 Å². The fourth-order valence-corrected chi connectivity index (χ4v) is 1.50. The van der Waals surface area contributed by atoms with Crippen molar-refractivity contribution in [3.63, 3.8) is 0 Å². The zero-order valence-electron chi connectivity index (χ0n) is 8.71. The summed E-state index contributed by atoms with van der Waals surface area (Å²) in [6.07, 6.45) is 5.49. The van der Waals surface area contributed by atoms with Gasteiger partial charge in [-0.05, 0) is 44.6 Å². The highest BCUT2D eigenvalue weighted by molar-refractivity contribution is 4.86. The molecule has 1 aliphatic heterocycles. The molecule has 13 heavy (non-hydrogen) atoms. The summed E-state index contributed by atoms with van der Waals surface area (Å²) in [6, 6.07) is 0. The van der Waals surface area contributed by atoms with Crippen LogP contribution in [0.5, 0.6) is 0 Å². The molecule has 76 valence electrons. The standard InChI is InChI=1S/C11H20O2/c1-10(2)8-13-7-5-11-4-3-6-12-9-11/h8,11H,3-7,9H2,1-2H3. The van der Waals surface area contributed by atoms with E-state index < -0.39 is 0 Å². The molecule has 0 aromatic rings. The van der Waals surface area contributed by atoms with Gasteiger partial charge < -0.3 is 9.47 Å². The lowest BCUT2D eigenvalue weighted by Crippen LogP contribution is -2.18. The summed E-state index contributed by atoms with van der Waals surface area (Å²) < 4.78 is 10.8. The third kappa shape index (κ3) is 4.94. The molecule has 1 heterocycles. The number of ether oxygens (including phenoxy) is 2. The van der Waals surface area contributed by atoms with E-state index in [9.17, 15) is 0 Å². The Kier molecular flexibility index (Phi) is 4.91. The fraction of sp³-hybridized carbons (Fsp3) is 0.818. The summed E-state index contributed by atoms with van der Waals surface area (Å²) in [4.78, 5) is 0. The predicted octanol–water partition coefficient (Wildman–Crippen LogP) is 2.74. The van der Waals surface area contributed by atoms with E-state index in [4.69, 9.17) is 9.47 Å². The average Bonchev–Trinajstić information content (AvgIpc) is 2.14. The Morgan fingerprint density at radius 2 is 2.38 bits per heavy atom. The average molecular weight is 184 g/mol. The molecular weight excluding hydrogens is 164 g/mol. The molecule has 1 saturated heterocycles. The van der Waals surface area contributed by atoms with Crippen LogP contribution >= 0.6 is 0 Å². The van der Waals surface area contributed by atoms with Crippen molar-refractivity contribution in [2.75, 3.05) is 19.8 Å². The van der Waals surface area contributed by atoms with E-state index in [-0.39, 0.29) is 0 Å². The minimum atomic E-state index is 0.722. The van der Waals surface area contributed by atoms with Gasteiger partial charge >= 0.3 is 0 Å². The first-order valence-electron chi connectivity index (χ1n) is 5.12. The van der Waals surface area contributed by atoms with Gasteiger partial charge in [-0.2, -0.15) is 0 Å². The lowest BCUT2D eigenvalue weighted by Gasteiger charge is -2.21. The molecule has 2 heteroatoms. The van der Waals surface area contributed by atoms with Crippen molar-refractivity contribution in [3.8, 4) is 0 Å². The largest absolute Gasteiger partial charge is 0.501 e. The second-order valence-electron chi connectivity index (χ2n) is 3.94. The van der Waals surface area contributed by atoms with Crippen LogP contribution in [0.3, 0.4) is 0 Å². The maximum atomic E-state index is 5.39. The van der Waals surface area contributed by atoms with Crippen LogP contribution in [0.1, 0.15) is 33.1 Å². The molecule has 0 aromatic carbocycles. The topological polar surface area (TPSA) is 18.5 Å². The molecule has 0 bridgehead atoms. The van der Waals surface area contributed by atoms with E-state index in [2.05, 4.69) is 0 Å². The molecule has 0 saturated carbocycles. The molecule has 0 radical (unpaired) electrons. The molecule has 1 aliphatic rings. The van der Waals surface area contributed by atoms with Crippen molar-refractivity contribution in [2.24, 2.45) is 5.92 Å². The highest BCUT2D eigenvalue weighted by Crippen LogP contribution is 2.16. The van der Waals surface area contributed by atoms with Crippen molar-refractivity contribution < 1.29 is 9.47 Å². The molecular formula is C11H20O2. The van der Waals surface area contributed by atoms with Crippen molar-refractivity contribution in [3.05, 3.63) is 11.8 Å². The Balaban J connectivity index is 2.01. The Labute approximate surface area is 80.9 Å². The second-order valence-corrected chi connectivity index (χ2v) is 3.94. The van der Waals surface area contributed by atoms with Gasteiger partial charge in [0.25, 0.3) is 0 Å². The molecule has 0 aromatic heterocycles. The summed E-state index contributed by atoms with van der Waals surface area (Å²) in [5, 5.41) is 0. The highest BCUT2D eigenvalue weighted by atomic mass is 16.5. The number of allylic oxidation sites excluding steroid dienone is 1. The Hall–Kier alpha value is -0.500. The minimum Gasteiger partial charge on any atom is -0.501 e. The van der Waals surface area contributed by atoms with E-state index in [0.29, 0.717) is 0 Å². The SMILES string of the molecule is CC(C)=COCCC1CCCOC1. The Bertz CT molecular complexity index is 153. The van der Waals surface area contributed by atoms with Crippen LogP contribution in [0.4, 0.5) is 0 Å². The Morgan fingerprint density at radius 1 is 1.54 bits per heavy atom. The van der Waals surface area contributed by atoms with E-state index in [0.717, 1.165) is 32.2 Å². The molecule has 0 amide bonds. The van der Waals surface area contributed by atoms with Gasteiger partial charge in [-0.15, -0.1) is 0 Å². The minimum absolute atomic E-state index is 0.722. The fourth-order valence-electron chi connectivity index (χ4n) is 1.50. The van der Waals surface area contributed by atoms with Crippen LogP contribution in [0.25, 0.3) is 0 Å². The first-order valence-corrected chi connectivity index (χ1v) is 5.12. The number of hydrogen-bond acceptors (Lipinski definition) is 2. The highest BCUT2D eigenvalue weighted by Gasteiger charge is 2.12. The Morgan fingerprint density at radius 3 is 3.00 bits per heavy atom. The van der Waals surface area contributed by atoms with Crippen molar-refractivity contribution >= 4 is 0 Å². The first-order chi connectivity index (χ1) is 6.29. The molecule has 0 spiro atoms.